The molecule has 2 heterocycles. The number of halogens is 1. The molecule has 1 aliphatic heterocycles. The molecule has 0 saturated heterocycles. The number of benzene rings is 1. The van der Waals surface area contributed by atoms with E-state index in [0.717, 1.165) is 24.5 Å². The largest absolute Gasteiger partial charge is 0.349 e. The smallest absolute Gasteiger partial charge is 0.246 e. The number of anilines is 1. The Labute approximate surface area is 163 Å². The number of rotatable bonds is 4. The average molecular weight is 455 g/mol. The van der Waals surface area contributed by atoms with Crippen LogP contribution >= 0.6 is 24.0 Å². The topological polar surface area (TPSA) is 87.4 Å². The van der Waals surface area contributed by atoms with E-state index in [-0.39, 0.29) is 36.4 Å². The number of hydrogen-bond acceptors (Lipinski definition) is 4. The highest BCUT2D eigenvalue weighted by atomic mass is 127. The van der Waals surface area contributed by atoms with Crippen molar-refractivity contribution in [3.8, 4) is 0 Å². The molecule has 3 rings (SSSR count). The van der Waals surface area contributed by atoms with Crippen LogP contribution in [0.5, 0.6) is 0 Å². The second kappa shape index (κ2) is 8.79. The van der Waals surface area contributed by atoms with Crippen molar-refractivity contribution in [2.24, 2.45) is 12.0 Å². The minimum atomic E-state index is 0. The van der Waals surface area contributed by atoms with E-state index >= 15 is 0 Å². The molecular weight excluding hydrogens is 433 g/mol. The van der Waals surface area contributed by atoms with Crippen LogP contribution in [0, 0.1) is 0 Å². The summed E-state index contributed by atoms with van der Waals surface area (Å²) in [5.74, 6) is 1.37. The third-order valence-electron chi connectivity index (χ3n) is 4.04. The van der Waals surface area contributed by atoms with Gasteiger partial charge in [-0.1, -0.05) is 18.2 Å². The van der Waals surface area contributed by atoms with E-state index < -0.39 is 0 Å². The molecule has 0 unspecified atom stereocenters. The minimum Gasteiger partial charge on any atom is -0.349 e. The molecule has 0 spiro atoms. The summed E-state index contributed by atoms with van der Waals surface area (Å²) in [6.07, 6.45) is 2.41. The minimum absolute atomic E-state index is 0. The summed E-state index contributed by atoms with van der Waals surface area (Å²) < 4.78 is 1.69. The molecule has 134 valence electrons. The first kappa shape index (κ1) is 19.2. The van der Waals surface area contributed by atoms with Gasteiger partial charge in [0.05, 0.1) is 13.1 Å². The first-order chi connectivity index (χ1) is 11.7. The summed E-state index contributed by atoms with van der Waals surface area (Å²) in [6, 6.07) is 8.02. The van der Waals surface area contributed by atoms with Gasteiger partial charge < -0.3 is 15.5 Å². The third-order valence-corrected chi connectivity index (χ3v) is 4.04. The lowest BCUT2D eigenvalue weighted by Crippen LogP contribution is -2.44. The molecule has 1 amide bonds. The predicted molar refractivity (Wildman–Crippen MR) is 107 cm³/mol. The maximum atomic E-state index is 12.5. The second-order valence-corrected chi connectivity index (χ2v) is 5.50. The zero-order valence-electron chi connectivity index (χ0n) is 14.3. The normalized spacial score (nSPS) is 13.2. The zero-order valence-corrected chi connectivity index (χ0v) is 16.6. The molecule has 0 fully saturated rings. The van der Waals surface area contributed by atoms with Gasteiger partial charge >= 0.3 is 0 Å². The van der Waals surface area contributed by atoms with Crippen LogP contribution in [-0.2, 0) is 24.8 Å². The standard InChI is InChI=1S/C16H21N7O.HI/c1-17-16(18-9-14-20-11-21-22(14)2)19-10-15(24)23-8-7-12-5-3-4-6-13(12)23;/h3-6,11H,7-10H2,1-2H3,(H2,17,18,19);1H. The van der Waals surface area contributed by atoms with E-state index in [0.29, 0.717) is 12.5 Å². The SMILES string of the molecule is CN=C(NCC(=O)N1CCc2ccccc21)NCc1ncnn1C.I. The Morgan fingerprint density at radius 1 is 1.32 bits per heavy atom. The average Bonchev–Trinajstić information content (AvgIpc) is 3.21. The van der Waals surface area contributed by atoms with E-state index in [1.54, 1.807) is 11.7 Å². The number of para-hydroxylation sites is 1. The van der Waals surface area contributed by atoms with Crippen molar-refractivity contribution >= 4 is 41.5 Å². The Balaban J connectivity index is 0.00000225. The highest BCUT2D eigenvalue weighted by Gasteiger charge is 2.23. The van der Waals surface area contributed by atoms with E-state index in [1.165, 1.54) is 11.9 Å². The second-order valence-electron chi connectivity index (χ2n) is 5.50. The lowest BCUT2D eigenvalue weighted by atomic mass is 10.2. The van der Waals surface area contributed by atoms with Gasteiger partial charge in [0, 0.05) is 26.3 Å². The van der Waals surface area contributed by atoms with E-state index in [4.69, 9.17) is 0 Å². The van der Waals surface area contributed by atoms with Crippen molar-refractivity contribution in [1.82, 2.24) is 25.4 Å². The first-order valence-corrected chi connectivity index (χ1v) is 7.84. The summed E-state index contributed by atoms with van der Waals surface area (Å²) in [5, 5.41) is 10.2. The molecule has 0 saturated carbocycles. The van der Waals surface area contributed by atoms with Crippen molar-refractivity contribution in [1.29, 1.82) is 0 Å². The van der Waals surface area contributed by atoms with Gasteiger partial charge in [0.2, 0.25) is 5.91 Å². The zero-order chi connectivity index (χ0) is 16.9. The molecule has 2 N–H and O–H groups in total. The summed E-state index contributed by atoms with van der Waals surface area (Å²) in [5.41, 5.74) is 2.22. The summed E-state index contributed by atoms with van der Waals surface area (Å²) in [6.45, 7) is 1.40. The molecule has 9 heteroatoms. The number of nitrogens with one attached hydrogen (secondary N) is 2. The van der Waals surface area contributed by atoms with Gasteiger partial charge in [0.1, 0.15) is 12.2 Å². The van der Waals surface area contributed by atoms with E-state index in [9.17, 15) is 4.79 Å². The Kier molecular flexibility index (Phi) is 6.73. The molecule has 0 aliphatic carbocycles. The van der Waals surface area contributed by atoms with Gasteiger partial charge in [-0.3, -0.25) is 14.5 Å². The van der Waals surface area contributed by atoms with Crippen molar-refractivity contribution in [3.63, 3.8) is 0 Å². The van der Waals surface area contributed by atoms with E-state index in [2.05, 4.69) is 31.8 Å². The number of aromatic nitrogens is 3. The number of hydrogen-bond donors (Lipinski definition) is 2. The van der Waals surface area contributed by atoms with Crippen LogP contribution in [0.25, 0.3) is 0 Å². The molecule has 0 radical (unpaired) electrons. The van der Waals surface area contributed by atoms with Gasteiger partial charge in [-0.05, 0) is 18.1 Å². The highest BCUT2D eigenvalue weighted by molar-refractivity contribution is 14.0. The summed E-state index contributed by atoms with van der Waals surface area (Å²) in [4.78, 5) is 22.6. The molecule has 25 heavy (non-hydrogen) atoms. The number of aryl methyl sites for hydroxylation is 1. The van der Waals surface area contributed by atoms with Crippen LogP contribution in [-0.4, -0.2) is 46.8 Å². The van der Waals surface area contributed by atoms with Crippen molar-refractivity contribution in [3.05, 3.63) is 42.0 Å². The summed E-state index contributed by atoms with van der Waals surface area (Å²) >= 11 is 0. The first-order valence-electron chi connectivity index (χ1n) is 7.84. The molecule has 1 aromatic heterocycles. The molecular formula is C16H22IN7O. The number of carbonyl (C=O) groups excluding carboxylic acids is 1. The van der Waals surface area contributed by atoms with Gasteiger partial charge in [0.15, 0.2) is 5.96 Å². The van der Waals surface area contributed by atoms with Gasteiger partial charge in [-0.2, -0.15) is 5.10 Å². The predicted octanol–water partition coefficient (Wildman–Crippen LogP) is 0.687. The fourth-order valence-corrected chi connectivity index (χ4v) is 2.72. The van der Waals surface area contributed by atoms with Crippen molar-refractivity contribution in [2.45, 2.75) is 13.0 Å². The lowest BCUT2D eigenvalue weighted by Gasteiger charge is -2.18. The lowest BCUT2D eigenvalue weighted by molar-refractivity contribution is -0.117. The van der Waals surface area contributed by atoms with Crippen LogP contribution in [0.4, 0.5) is 5.69 Å². The van der Waals surface area contributed by atoms with E-state index in [1.807, 2.05) is 30.1 Å². The molecule has 2 aromatic rings. The fraction of sp³-hybridized carbons (Fsp3) is 0.375. The van der Waals surface area contributed by atoms with Crippen LogP contribution in [0.3, 0.4) is 0 Å². The van der Waals surface area contributed by atoms with Crippen LogP contribution in [0.2, 0.25) is 0 Å². The third kappa shape index (κ3) is 4.47. The number of fused-ring (bicyclic) bond motifs is 1. The molecule has 1 aromatic carbocycles. The van der Waals surface area contributed by atoms with Crippen LogP contribution in [0.1, 0.15) is 11.4 Å². The quantitative estimate of drug-likeness (QED) is 0.403. The number of aliphatic imine (C=N–C) groups is 1. The van der Waals surface area contributed by atoms with Crippen LogP contribution in [0.15, 0.2) is 35.6 Å². The number of carbonyl (C=O) groups is 1. The molecule has 1 aliphatic rings. The maximum Gasteiger partial charge on any atom is 0.246 e. The van der Waals surface area contributed by atoms with Crippen LogP contribution < -0.4 is 15.5 Å². The number of guanidine groups is 1. The maximum absolute atomic E-state index is 12.5. The van der Waals surface area contributed by atoms with Gasteiger partial charge in [-0.15, -0.1) is 24.0 Å². The molecule has 0 bridgehead atoms. The Bertz CT molecular complexity index is 758. The molecule has 0 atom stereocenters. The number of amides is 1. The Hall–Kier alpha value is -2.17. The summed E-state index contributed by atoms with van der Waals surface area (Å²) in [7, 11) is 3.50. The Morgan fingerprint density at radius 2 is 2.12 bits per heavy atom. The van der Waals surface area contributed by atoms with Gasteiger partial charge in [-0.25, -0.2) is 4.98 Å². The molecule has 8 nitrogen and oxygen atoms in total. The monoisotopic (exact) mass is 455 g/mol. The highest BCUT2D eigenvalue weighted by Crippen LogP contribution is 2.27. The van der Waals surface area contributed by atoms with Crippen molar-refractivity contribution in [2.75, 3.05) is 25.0 Å². The Morgan fingerprint density at radius 3 is 2.84 bits per heavy atom. The van der Waals surface area contributed by atoms with Crippen molar-refractivity contribution < 1.29 is 4.79 Å². The number of nitrogens with zero attached hydrogens (tertiary/aromatic N) is 5. The fourth-order valence-electron chi connectivity index (χ4n) is 2.72. The van der Waals surface area contributed by atoms with Gasteiger partial charge in [0.25, 0.3) is 0 Å².